The topological polar surface area (TPSA) is 128 Å². The number of H-pyrrole nitrogens is 1. The van der Waals surface area contributed by atoms with Gasteiger partial charge in [-0.15, -0.1) is 0 Å². The Morgan fingerprint density at radius 3 is 2.64 bits per heavy atom. The number of aryl methyl sites for hydroxylation is 1. The van der Waals surface area contributed by atoms with Crippen molar-refractivity contribution in [1.82, 2.24) is 20.2 Å². The second kappa shape index (κ2) is 11.5. The number of benzene rings is 2. The van der Waals surface area contributed by atoms with Crippen LogP contribution in [0.25, 0.3) is 10.9 Å². The van der Waals surface area contributed by atoms with Crippen molar-refractivity contribution in [3.05, 3.63) is 69.8 Å². The number of fused-ring (bicyclic) bond motifs is 1. The molecule has 1 saturated heterocycles. The van der Waals surface area contributed by atoms with Crippen LogP contribution in [0.15, 0.2) is 47.3 Å². The van der Waals surface area contributed by atoms with Gasteiger partial charge in [0.2, 0.25) is 5.91 Å². The maximum Gasteiger partial charge on any atom is 0.258 e. The van der Waals surface area contributed by atoms with E-state index in [9.17, 15) is 14.4 Å². The molecule has 1 aliphatic rings. The SMILES string of the molecule is COc1cccc2c(=O)[nH]c(CCC(=O)N3CCC(CCNC(=O)c4ccc(C#N)cc4)CC3)nc12. The molecule has 4 rings (SSSR count). The predicted octanol–water partition coefficient (Wildman–Crippen LogP) is 2.79. The van der Waals surface area contributed by atoms with E-state index in [4.69, 9.17) is 10.00 Å². The van der Waals surface area contributed by atoms with Gasteiger partial charge in [0, 0.05) is 38.0 Å². The number of nitriles is 1. The van der Waals surface area contributed by atoms with E-state index < -0.39 is 0 Å². The van der Waals surface area contributed by atoms with E-state index in [0.717, 1.165) is 19.3 Å². The Morgan fingerprint density at radius 1 is 1.19 bits per heavy atom. The number of aromatic nitrogens is 2. The molecule has 0 unspecified atom stereocenters. The zero-order valence-electron chi connectivity index (χ0n) is 20.3. The van der Waals surface area contributed by atoms with Gasteiger partial charge in [-0.25, -0.2) is 4.98 Å². The third kappa shape index (κ3) is 5.89. The average Bonchev–Trinajstić information content (AvgIpc) is 2.91. The highest BCUT2D eigenvalue weighted by molar-refractivity contribution is 5.94. The molecule has 0 radical (unpaired) electrons. The van der Waals surface area contributed by atoms with E-state index >= 15 is 0 Å². The highest BCUT2D eigenvalue weighted by atomic mass is 16.5. The minimum Gasteiger partial charge on any atom is -0.494 e. The van der Waals surface area contributed by atoms with E-state index in [2.05, 4.69) is 15.3 Å². The summed E-state index contributed by atoms with van der Waals surface area (Å²) in [6, 6.07) is 13.8. The first-order chi connectivity index (χ1) is 17.5. The molecule has 0 spiro atoms. The Morgan fingerprint density at radius 2 is 1.94 bits per heavy atom. The number of carbonyl (C=O) groups excluding carboxylic acids is 2. The second-order valence-electron chi connectivity index (χ2n) is 8.93. The lowest BCUT2D eigenvalue weighted by molar-refractivity contribution is -0.132. The number of amides is 2. The zero-order chi connectivity index (χ0) is 25.5. The standard InChI is InChI=1S/C27H29N5O4/c1-36-22-4-2-3-21-25(22)30-23(31-27(21)35)9-10-24(33)32-15-12-18(13-16-32)11-14-29-26(34)20-7-5-19(17-28)6-8-20/h2-8,18H,9-16H2,1H3,(H,29,34)(H,30,31,35). The Labute approximate surface area is 209 Å². The van der Waals surface area contributed by atoms with E-state index in [-0.39, 0.29) is 23.8 Å². The van der Waals surface area contributed by atoms with Crippen LogP contribution in [0, 0.1) is 17.2 Å². The number of likely N-dealkylation sites (tertiary alicyclic amines) is 1. The van der Waals surface area contributed by atoms with Gasteiger partial charge in [-0.3, -0.25) is 14.4 Å². The highest BCUT2D eigenvalue weighted by Gasteiger charge is 2.23. The van der Waals surface area contributed by atoms with Crippen molar-refractivity contribution in [3.8, 4) is 11.8 Å². The van der Waals surface area contributed by atoms with Crippen LogP contribution >= 0.6 is 0 Å². The summed E-state index contributed by atoms with van der Waals surface area (Å²) in [4.78, 5) is 46.6. The molecule has 0 aliphatic carbocycles. The van der Waals surface area contributed by atoms with E-state index in [0.29, 0.717) is 65.6 Å². The number of para-hydroxylation sites is 1. The van der Waals surface area contributed by atoms with Gasteiger partial charge in [-0.2, -0.15) is 5.26 Å². The molecule has 9 heteroatoms. The van der Waals surface area contributed by atoms with Gasteiger partial charge in [0.05, 0.1) is 24.1 Å². The maximum absolute atomic E-state index is 12.8. The molecule has 0 saturated carbocycles. The number of rotatable bonds is 8. The van der Waals surface area contributed by atoms with Gasteiger partial charge in [-0.05, 0) is 61.6 Å². The van der Waals surface area contributed by atoms with Crippen LogP contribution in [0.4, 0.5) is 0 Å². The molecule has 1 fully saturated rings. The number of hydrogen-bond donors (Lipinski definition) is 2. The summed E-state index contributed by atoms with van der Waals surface area (Å²) in [5, 5.41) is 12.2. The van der Waals surface area contributed by atoms with E-state index in [1.807, 2.05) is 11.0 Å². The number of carbonyl (C=O) groups is 2. The Bertz CT molecular complexity index is 1340. The predicted molar refractivity (Wildman–Crippen MR) is 135 cm³/mol. The van der Waals surface area contributed by atoms with Crippen molar-refractivity contribution in [2.24, 2.45) is 5.92 Å². The van der Waals surface area contributed by atoms with Crippen molar-refractivity contribution < 1.29 is 14.3 Å². The number of ether oxygens (including phenoxy) is 1. The molecule has 2 amide bonds. The van der Waals surface area contributed by atoms with Crippen LogP contribution < -0.4 is 15.6 Å². The van der Waals surface area contributed by atoms with Gasteiger partial charge in [-0.1, -0.05) is 6.07 Å². The molecule has 0 atom stereocenters. The lowest BCUT2D eigenvalue weighted by Gasteiger charge is -2.32. The molecule has 3 aromatic rings. The molecule has 2 heterocycles. The third-order valence-corrected chi connectivity index (χ3v) is 6.63. The summed E-state index contributed by atoms with van der Waals surface area (Å²) in [6.45, 7) is 1.94. The second-order valence-corrected chi connectivity index (χ2v) is 8.93. The first-order valence-electron chi connectivity index (χ1n) is 12.1. The van der Waals surface area contributed by atoms with Crippen LogP contribution in [0.3, 0.4) is 0 Å². The monoisotopic (exact) mass is 487 g/mol. The molecule has 36 heavy (non-hydrogen) atoms. The molecule has 9 nitrogen and oxygen atoms in total. The molecule has 2 N–H and O–H groups in total. The van der Waals surface area contributed by atoms with Crippen LogP contribution in [0.5, 0.6) is 5.75 Å². The lowest BCUT2D eigenvalue weighted by Crippen LogP contribution is -2.39. The van der Waals surface area contributed by atoms with Crippen LogP contribution in [0.2, 0.25) is 0 Å². The van der Waals surface area contributed by atoms with Gasteiger partial charge < -0.3 is 19.9 Å². The number of nitrogens with zero attached hydrogens (tertiary/aromatic N) is 3. The molecule has 0 bridgehead atoms. The smallest absolute Gasteiger partial charge is 0.258 e. The summed E-state index contributed by atoms with van der Waals surface area (Å²) in [5.74, 6) is 1.34. The third-order valence-electron chi connectivity index (χ3n) is 6.63. The summed E-state index contributed by atoms with van der Waals surface area (Å²) in [7, 11) is 1.54. The maximum atomic E-state index is 12.8. The highest BCUT2D eigenvalue weighted by Crippen LogP contribution is 2.22. The first kappa shape index (κ1) is 24.9. The molecular formula is C27H29N5O4. The minimum absolute atomic E-state index is 0.0466. The number of aromatic amines is 1. The van der Waals surface area contributed by atoms with Crippen molar-refractivity contribution in [2.75, 3.05) is 26.7 Å². The van der Waals surface area contributed by atoms with Crippen molar-refractivity contribution in [2.45, 2.75) is 32.1 Å². The quantitative estimate of drug-likeness (QED) is 0.503. The van der Waals surface area contributed by atoms with Crippen molar-refractivity contribution in [3.63, 3.8) is 0 Å². The minimum atomic E-state index is -0.242. The summed E-state index contributed by atoms with van der Waals surface area (Å²) >= 11 is 0. The van der Waals surface area contributed by atoms with Gasteiger partial charge in [0.15, 0.2) is 0 Å². The molecule has 186 valence electrons. The van der Waals surface area contributed by atoms with Crippen molar-refractivity contribution >= 4 is 22.7 Å². The molecule has 2 aromatic carbocycles. The molecule has 1 aromatic heterocycles. The lowest BCUT2D eigenvalue weighted by atomic mass is 9.93. The van der Waals surface area contributed by atoms with E-state index in [1.165, 1.54) is 7.11 Å². The van der Waals surface area contributed by atoms with Crippen LogP contribution in [0.1, 0.15) is 47.4 Å². The fourth-order valence-electron chi connectivity index (χ4n) is 4.51. The first-order valence-corrected chi connectivity index (χ1v) is 12.1. The van der Waals surface area contributed by atoms with Crippen molar-refractivity contribution in [1.29, 1.82) is 5.26 Å². The Balaban J connectivity index is 1.21. The fraction of sp³-hybridized carbons (Fsp3) is 0.370. The average molecular weight is 488 g/mol. The number of nitrogens with one attached hydrogen (secondary N) is 2. The molecular weight excluding hydrogens is 458 g/mol. The normalized spacial score (nSPS) is 13.8. The molecule has 1 aliphatic heterocycles. The largest absolute Gasteiger partial charge is 0.494 e. The Kier molecular flexibility index (Phi) is 7.95. The zero-order valence-corrected chi connectivity index (χ0v) is 20.3. The fourth-order valence-corrected chi connectivity index (χ4v) is 4.51. The Hall–Kier alpha value is -4.19. The van der Waals surface area contributed by atoms with Gasteiger partial charge in [0.1, 0.15) is 17.1 Å². The van der Waals surface area contributed by atoms with Crippen LogP contribution in [-0.4, -0.2) is 53.4 Å². The van der Waals surface area contributed by atoms with Gasteiger partial charge in [0.25, 0.3) is 11.5 Å². The summed E-state index contributed by atoms with van der Waals surface area (Å²) in [5.41, 5.74) is 1.32. The number of methoxy groups -OCH3 is 1. The van der Waals surface area contributed by atoms with Crippen LogP contribution in [-0.2, 0) is 11.2 Å². The number of piperidine rings is 1. The van der Waals surface area contributed by atoms with Gasteiger partial charge >= 0.3 is 0 Å². The number of hydrogen-bond acceptors (Lipinski definition) is 6. The summed E-state index contributed by atoms with van der Waals surface area (Å²) < 4.78 is 5.32. The van der Waals surface area contributed by atoms with E-state index in [1.54, 1.807) is 42.5 Å². The summed E-state index contributed by atoms with van der Waals surface area (Å²) in [6.07, 6.45) is 3.26.